The molecule has 2 aromatic rings. The standard InChI is InChI=1S/C16H19FN2O/c1-19(14-8-3-4-9-15(14)20-2)16-12(10-11-18)6-5-7-13(16)17/h3-9H,10-11,18H2,1-2H3. The molecule has 3 nitrogen and oxygen atoms in total. The molecule has 0 aliphatic rings. The van der Waals surface area contributed by atoms with Crippen LogP contribution in [-0.2, 0) is 6.42 Å². The van der Waals surface area contributed by atoms with Gasteiger partial charge in [0, 0.05) is 7.05 Å². The molecule has 0 fully saturated rings. The molecule has 0 saturated heterocycles. The lowest BCUT2D eigenvalue weighted by Crippen LogP contribution is -2.16. The van der Waals surface area contributed by atoms with Crippen LogP contribution >= 0.6 is 0 Å². The van der Waals surface area contributed by atoms with Crippen molar-refractivity contribution in [1.29, 1.82) is 0 Å². The molecule has 0 aliphatic carbocycles. The number of ether oxygens (including phenoxy) is 1. The van der Waals surface area contributed by atoms with Crippen LogP contribution in [0.4, 0.5) is 15.8 Å². The molecule has 0 atom stereocenters. The Kier molecular flexibility index (Phi) is 4.58. The van der Waals surface area contributed by atoms with Crippen LogP contribution in [0.1, 0.15) is 5.56 Å². The van der Waals surface area contributed by atoms with Crippen molar-refractivity contribution in [2.24, 2.45) is 5.73 Å². The van der Waals surface area contributed by atoms with Crippen LogP contribution in [-0.4, -0.2) is 20.7 Å². The van der Waals surface area contributed by atoms with Crippen LogP contribution in [0, 0.1) is 5.82 Å². The van der Waals surface area contributed by atoms with E-state index in [1.165, 1.54) is 6.07 Å². The number of hydrogen-bond donors (Lipinski definition) is 1. The smallest absolute Gasteiger partial charge is 0.147 e. The molecule has 0 aliphatic heterocycles. The van der Waals surface area contributed by atoms with Gasteiger partial charge in [-0.05, 0) is 36.7 Å². The zero-order chi connectivity index (χ0) is 14.5. The normalized spacial score (nSPS) is 10.4. The molecule has 0 spiro atoms. The summed E-state index contributed by atoms with van der Waals surface area (Å²) in [5, 5.41) is 0. The third-order valence-electron chi connectivity index (χ3n) is 3.27. The predicted molar refractivity (Wildman–Crippen MR) is 80.2 cm³/mol. The van der Waals surface area contributed by atoms with Crippen molar-refractivity contribution in [3.63, 3.8) is 0 Å². The van der Waals surface area contributed by atoms with Gasteiger partial charge in [-0.25, -0.2) is 4.39 Å². The molecule has 0 bridgehead atoms. The van der Waals surface area contributed by atoms with Crippen LogP contribution in [0.2, 0.25) is 0 Å². The Morgan fingerprint density at radius 2 is 1.90 bits per heavy atom. The summed E-state index contributed by atoms with van der Waals surface area (Å²) in [7, 11) is 3.44. The molecule has 0 amide bonds. The number of halogens is 1. The Labute approximate surface area is 118 Å². The Hall–Kier alpha value is -2.07. The lowest BCUT2D eigenvalue weighted by atomic mass is 10.1. The molecule has 0 unspecified atom stereocenters. The van der Waals surface area contributed by atoms with Gasteiger partial charge < -0.3 is 15.4 Å². The van der Waals surface area contributed by atoms with Crippen LogP contribution in [0.25, 0.3) is 0 Å². The van der Waals surface area contributed by atoms with Crippen molar-refractivity contribution in [3.05, 3.63) is 53.8 Å². The summed E-state index contributed by atoms with van der Waals surface area (Å²) in [4.78, 5) is 1.80. The number of benzene rings is 2. The molecule has 106 valence electrons. The topological polar surface area (TPSA) is 38.5 Å². The van der Waals surface area contributed by atoms with E-state index in [9.17, 15) is 4.39 Å². The van der Waals surface area contributed by atoms with E-state index >= 15 is 0 Å². The summed E-state index contributed by atoms with van der Waals surface area (Å²) in [5.41, 5.74) is 7.86. The van der Waals surface area contributed by atoms with E-state index in [4.69, 9.17) is 10.5 Å². The zero-order valence-electron chi connectivity index (χ0n) is 11.8. The van der Waals surface area contributed by atoms with E-state index in [0.717, 1.165) is 11.3 Å². The summed E-state index contributed by atoms with van der Waals surface area (Å²) in [6.07, 6.45) is 0.632. The first-order valence-corrected chi connectivity index (χ1v) is 6.53. The van der Waals surface area contributed by atoms with Gasteiger partial charge in [-0.2, -0.15) is 0 Å². The first kappa shape index (κ1) is 14.3. The Bertz CT molecular complexity index is 586. The maximum atomic E-state index is 14.2. The average molecular weight is 274 g/mol. The van der Waals surface area contributed by atoms with E-state index in [1.54, 1.807) is 18.1 Å². The van der Waals surface area contributed by atoms with Crippen molar-refractivity contribution in [1.82, 2.24) is 0 Å². The zero-order valence-corrected chi connectivity index (χ0v) is 11.8. The summed E-state index contributed by atoms with van der Waals surface area (Å²) < 4.78 is 19.6. The van der Waals surface area contributed by atoms with Crippen LogP contribution in [0.3, 0.4) is 0 Å². The quantitative estimate of drug-likeness (QED) is 0.910. The highest BCUT2D eigenvalue weighted by Gasteiger charge is 2.16. The van der Waals surface area contributed by atoms with Crippen LogP contribution in [0.15, 0.2) is 42.5 Å². The van der Waals surface area contributed by atoms with Gasteiger partial charge in [-0.3, -0.25) is 0 Å². The largest absolute Gasteiger partial charge is 0.495 e. The summed E-state index contributed by atoms with van der Waals surface area (Å²) >= 11 is 0. The minimum Gasteiger partial charge on any atom is -0.495 e. The number of rotatable bonds is 5. The molecular weight excluding hydrogens is 255 g/mol. The maximum Gasteiger partial charge on any atom is 0.147 e. The van der Waals surface area contributed by atoms with Gasteiger partial charge in [-0.1, -0.05) is 24.3 Å². The predicted octanol–water partition coefficient (Wildman–Crippen LogP) is 3.10. The second kappa shape index (κ2) is 6.39. The minimum atomic E-state index is -0.260. The van der Waals surface area contributed by atoms with Gasteiger partial charge in [-0.15, -0.1) is 0 Å². The lowest BCUT2D eigenvalue weighted by Gasteiger charge is -2.24. The van der Waals surface area contributed by atoms with Crippen molar-refractivity contribution in [2.45, 2.75) is 6.42 Å². The average Bonchev–Trinajstić information content (AvgIpc) is 2.47. The molecule has 0 radical (unpaired) electrons. The first-order chi connectivity index (χ1) is 9.69. The molecular formula is C16H19FN2O. The monoisotopic (exact) mass is 274 g/mol. The number of para-hydroxylation sites is 3. The highest BCUT2D eigenvalue weighted by atomic mass is 19.1. The lowest BCUT2D eigenvalue weighted by molar-refractivity contribution is 0.415. The van der Waals surface area contributed by atoms with Crippen molar-refractivity contribution in [3.8, 4) is 5.75 Å². The molecule has 0 aromatic heterocycles. The maximum absolute atomic E-state index is 14.2. The van der Waals surface area contributed by atoms with Gasteiger partial charge in [0.15, 0.2) is 0 Å². The van der Waals surface area contributed by atoms with E-state index in [0.29, 0.717) is 24.4 Å². The Morgan fingerprint density at radius 3 is 2.60 bits per heavy atom. The van der Waals surface area contributed by atoms with E-state index in [-0.39, 0.29) is 5.82 Å². The van der Waals surface area contributed by atoms with Gasteiger partial charge in [0.1, 0.15) is 11.6 Å². The first-order valence-electron chi connectivity index (χ1n) is 6.53. The Balaban J connectivity index is 2.50. The second-order valence-electron chi connectivity index (χ2n) is 4.52. The third-order valence-corrected chi connectivity index (χ3v) is 3.27. The van der Waals surface area contributed by atoms with Gasteiger partial charge >= 0.3 is 0 Å². The highest BCUT2D eigenvalue weighted by molar-refractivity contribution is 5.71. The fraction of sp³-hybridized carbons (Fsp3) is 0.250. The van der Waals surface area contributed by atoms with Crippen molar-refractivity contribution >= 4 is 11.4 Å². The van der Waals surface area contributed by atoms with E-state index < -0.39 is 0 Å². The number of hydrogen-bond acceptors (Lipinski definition) is 3. The number of methoxy groups -OCH3 is 1. The molecule has 4 heteroatoms. The minimum absolute atomic E-state index is 0.260. The van der Waals surface area contributed by atoms with Crippen molar-refractivity contribution < 1.29 is 9.13 Å². The number of anilines is 2. The fourth-order valence-electron chi connectivity index (χ4n) is 2.32. The summed E-state index contributed by atoms with van der Waals surface area (Å²) in [6.45, 7) is 0.482. The highest BCUT2D eigenvalue weighted by Crippen LogP contribution is 2.35. The molecule has 0 saturated carbocycles. The molecule has 2 rings (SSSR count). The fourth-order valence-corrected chi connectivity index (χ4v) is 2.32. The summed E-state index contributed by atoms with van der Waals surface area (Å²) in [5.74, 6) is 0.446. The van der Waals surface area contributed by atoms with Crippen LogP contribution in [0.5, 0.6) is 5.75 Å². The van der Waals surface area contributed by atoms with E-state index in [2.05, 4.69) is 0 Å². The van der Waals surface area contributed by atoms with Gasteiger partial charge in [0.05, 0.1) is 18.5 Å². The molecule has 0 heterocycles. The number of nitrogens with two attached hydrogens (primary N) is 1. The summed E-state index contributed by atoms with van der Waals surface area (Å²) in [6, 6.07) is 12.6. The van der Waals surface area contributed by atoms with Gasteiger partial charge in [0.2, 0.25) is 0 Å². The SMILES string of the molecule is COc1ccccc1N(C)c1c(F)cccc1CCN. The second-order valence-corrected chi connectivity index (χ2v) is 4.52. The number of nitrogens with zero attached hydrogens (tertiary/aromatic N) is 1. The van der Waals surface area contributed by atoms with Crippen molar-refractivity contribution in [2.75, 3.05) is 25.6 Å². The molecule has 2 aromatic carbocycles. The molecule has 2 N–H and O–H groups in total. The van der Waals surface area contributed by atoms with Gasteiger partial charge in [0.25, 0.3) is 0 Å². The van der Waals surface area contributed by atoms with Crippen LogP contribution < -0.4 is 15.4 Å². The van der Waals surface area contributed by atoms with E-state index in [1.807, 2.05) is 37.4 Å². The Morgan fingerprint density at radius 1 is 1.15 bits per heavy atom. The molecule has 20 heavy (non-hydrogen) atoms. The third kappa shape index (κ3) is 2.75.